The maximum Gasteiger partial charge on any atom is 0.417 e. The van der Waals surface area contributed by atoms with Crippen molar-refractivity contribution in [1.29, 1.82) is 0 Å². The quantitative estimate of drug-likeness (QED) is 0.212. The van der Waals surface area contributed by atoms with Gasteiger partial charge in [-0.3, -0.25) is 5.10 Å². The van der Waals surface area contributed by atoms with E-state index in [0.717, 1.165) is 59.7 Å². The summed E-state index contributed by atoms with van der Waals surface area (Å²) < 4.78 is 37.8. The standard InChI is InChI=1S/C19H15BrN2O4.C10H12F3N3/c1-10-15(18(23)24)7-4-12(16(10)19(25)26)8-13-9-21-22-17(13)11-2-5-14(20)6-3-11;11-10(12,13)8-1-2-9(15-7-8)16-5-3-14-4-6-16/h2-7,9H,8H2,1H3,(H,21,22)(H,23,24)(H,25,26);1-2,7,14H,3-6H2. The number of hydrogen-bond acceptors (Lipinski definition) is 6. The number of carbonyl (C=O) groups is 2. The van der Waals surface area contributed by atoms with Crippen LogP contribution in [0.3, 0.4) is 0 Å². The number of alkyl halides is 3. The number of H-pyrrole nitrogens is 1. The molecule has 3 heterocycles. The predicted octanol–water partition coefficient (Wildman–Crippen LogP) is 5.64. The molecule has 2 aromatic heterocycles. The van der Waals surface area contributed by atoms with Crippen LogP contribution in [0.2, 0.25) is 0 Å². The number of anilines is 1. The van der Waals surface area contributed by atoms with Gasteiger partial charge in [0.05, 0.1) is 22.4 Å². The number of aromatic amines is 1. The molecule has 1 aliphatic heterocycles. The summed E-state index contributed by atoms with van der Waals surface area (Å²) in [4.78, 5) is 28.8. The lowest BCUT2D eigenvalue weighted by molar-refractivity contribution is -0.137. The normalized spacial score (nSPS) is 13.3. The molecule has 13 heteroatoms. The van der Waals surface area contributed by atoms with Crippen LogP contribution >= 0.6 is 15.9 Å². The van der Waals surface area contributed by atoms with E-state index in [2.05, 4.69) is 36.4 Å². The molecule has 0 amide bonds. The van der Waals surface area contributed by atoms with Crippen molar-refractivity contribution in [2.45, 2.75) is 19.5 Å². The summed E-state index contributed by atoms with van der Waals surface area (Å²) in [5.74, 6) is -1.68. The second-order valence-electron chi connectivity index (χ2n) is 9.47. The molecule has 0 saturated carbocycles. The van der Waals surface area contributed by atoms with Gasteiger partial charge < -0.3 is 20.4 Å². The van der Waals surface area contributed by atoms with E-state index in [4.69, 9.17) is 0 Å². The lowest BCUT2D eigenvalue weighted by atomic mass is 9.92. The van der Waals surface area contributed by atoms with Gasteiger partial charge in [-0.1, -0.05) is 34.1 Å². The first-order valence-corrected chi connectivity index (χ1v) is 13.6. The molecule has 0 spiro atoms. The zero-order chi connectivity index (χ0) is 30.4. The molecule has 0 aliphatic carbocycles. The average molecular weight is 646 g/mol. The molecule has 0 radical (unpaired) electrons. The molecular formula is C29H27BrF3N5O4. The number of piperazine rings is 1. The lowest BCUT2D eigenvalue weighted by Gasteiger charge is -2.28. The van der Waals surface area contributed by atoms with Crippen LogP contribution in [0.4, 0.5) is 19.0 Å². The van der Waals surface area contributed by atoms with E-state index in [1.165, 1.54) is 19.1 Å². The summed E-state index contributed by atoms with van der Waals surface area (Å²) in [6, 6.07) is 13.1. The number of carboxylic acids is 2. The van der Waals surface area contributed by atoms with Crippen molar-refractivity contribution in [3.8, 4) is 11.3 Å². The molecular weight excluding hydrogens is 619 g/mol. The Labute approximate surface area is 247 Å². The Kier molecular flexibility index (Phi) is 9.63. The van der Waals surface area contributed by atoms with Crippen molar-refractivity contribution in [3.63, 3.8) is 0 Å². The molecule has 0 unspecified atom stereocenters. The maximum absolute atomic E-state index is 12.3. The Morgan fingerprint density at radius 3 is 2.24 bits per heavy atom. The monoisotopic (exact) mass is 645 g/mol. The second kappa shape index (κ2) is 13.2. The van der Waals surface area contributed by atoms with E-state index in [0.29, 0.717) is 17.8 Å². The third kappa shape index (κ3) is 7.34. The largest absolute Gasteiger partial charge is 0.478 e. The minimum atomic E-state index is -4.31. The van der Waals surface area contributed by atoms with Gasteiger partial charge in [0, 0.05) is 60.6 Å². The number of halogens is 4. The molecule has 1 fully saturated rings. The smallest absolute Gasteiger partial charge is 0.417 e. The summed E-state index contributed by atoms with van der Waals surface area (Å²) in [7, 11) is 0. The number of pyridine rings is 1. The fourth-order valence-electron chi connectivity index (χ4n) is 4.59. The Morgan fingerprint density at radius 1 is 0.976 bits per heavy atom. The fourth-order valence-corrected chi connectivity index (χ4v) is 4.86. The zero-order valence-corrected chi connectivity index (χ0v) is 24.0. The van der Waals surface area contributed by atoms with E-state index in [1.807, 2.05) is 29.2 Å². The molecule has 1 aliphatic rings. The van der Waals surface area contributed by atoms with Gasteiger partial charge in [-0.25, -0.2) is 14.6 Å². The first kappa shape index (κ1) is 30.7. The number of nitrogens with one attached hydrogen (secondary N) is 2. The highest BCUT2D eigenvalue weighted by Gasteiger charge is 2.31. The Balaban J connectivity index is 0.000000216. The highest BCUT2D eigenvalue weighted by molar-refractivity contribution is 9.10. The van der Waals surface area contributed by atoms with Crippen LogP contribution < -0.4 is 10.2 Å². The molecule has 220 valence electrons. The van der Waals surface area contributed by atoms with Crippen molar-refractivity contribution in [3.05, 3.63) is 98.8 Å². The van der Waals surface area contributed by atoms with Crippen LogP contribution in [-0.4, -0.2) is 63.5 Å². The van der Waals surface area contributed by atoms with Crippen molar-refractivity contribution < 1.29 is 33.0 Å². The minimum absolute atomic E-state index is 0.00789. The summed E-state index contributed by atoms with van der Waals surface area (Å²) in [6.07, 6.45) is -1.37. The van der Waals surface area contributed by atoms with Crippen LogP contribution in [0.25, 0.3) is 11.3 Å². The summed E-state index contributed by atoms with van der Waals surface area (Å²) in [5.41, 5.74) is 2.56. The number of carboxylic acid groups (broad SMARTS) is 2. The van der Waals surface area contributed by atoms with Gasteiger partial charge in [-0.05, 0) is 48.4 Å². The van der Waals surface area contributed by atoms with Crippen LogP contribution in [-0.2, 0) is 12.6 Å². The van der Waals surface area contributed by atoms with Crippen LogP contribution in [0.5, 0.6) is 0 Å². The molecule has 0 atom stereocenters. The van der Waals surface area contributed by atoms with Gasteiger partial charge in [0.2, 0.25) is 0 Å². The molecule has 0 bridgehead atoms. The Morgan fingerprint density at radius 2 is 1.67 bits per heavy atom. The SMILES string of the molecule is Cc1c(C(=O)O)ccc(Cc2c[nH]nc2-c2ccc(Br)cc2)c1C(=O)O.FC(F)(F)c1ccc(N2CCNCC2)nc1. The maximum atomic E-state index is 12.3. The molecule has 2 aromatic carbocycles. The average Bonchev–Trinajstić information content (AvgIpc) is 3.41. The predicted molar refractivity (Wildman–Crippen MR) is 154 cm³/mol. The highest BCUT2D eigenvalue weighted by Crippen LogP contribution is 2.30. The van der Waals surface area contributed by atoms with E-state index in [-0.39, 0.29) is 16.7 Å². The number of hydrogen-bond donors (Lipinski definition) is 4. The molecule has 5 rings (SSSR count). The zero-order valence-electron chi connectivity index (χ0n) is 22.4. The fraction of sp³-hybridized carbons (Fsp3) is 0.241. The first-order chi connectivity index (χ1) is 20.0. The number of aromatic carboxylic acids is 2. The van der Waals surface area contributed by atoms with Crippen molar-refractivity contribution in [1.82, 2.24) is 20.5 Å². The molecule has 9 nitrogen and oxygen atoms in total. The summed E-state index contributed by atoms with van der Waals surface area (Å²) in [5, 5.41) is 29.1. The first-order valence-electron chi connectivity index (χ1n) is 12.8. The second-order valence-corrected chi connectivity index (χ2v) is 10.4. The topological polar surface area (TPSA) is 131 Å². The van der Waals surface area contributed by atoms with Gasteiger partial charge in [0.25, 0.3) is 0 Å². The third-order valence-corrected chi connectivity index (χ3v) is 7.26. The minimum Gasteiger partial charge on any atom is -0.478 e. The van der Waals surface area contributed by atoms with Gasteiger partial charge >= 0.3 is 18.1 Å². The van der Waals surface area contributed by atoms with Crippen molar-refractivity contribution in [2.24, 2.45) is 0 Å². The van der Waals surface area contributed by atoms with E-state index >= 15 is 0 Å². The van der Waals surface area contributed by atoms with Crippen molar-refractivity contribution >= 4 is 33.7 Å². The third-order valence-electron chi connectivity index (χ3n) is 6.73. The Hall–Kier alpha value is -4.23. The number of rotatable bonds is 6. The van der Waals surface area contributed by atoms with Gasteiger partial charge in [-0.15, -0.1) is 0 Å². The number of nitrogens with zero attached hydrogens (tertiary/aromatic N) is 3. The van der Waals surface area contributed by atoms with Crippen LogP contribution in [0.1, 0.15) is 43.0 Å². The molecule has 1 saturated heterocycles. The van der Waals surface area contributed by atoms with Crippen molar-refractivity contribution in [2.75, 3.05) is 31.1 Å². The molecule has 4 aromatic rings. The number of aromatic nitrogens is 3. The Bertz CT molecular complexity index is 1550. The van der Waals surface area contributed by atoms with E-state index in [1.54, 1.807) is 12.3 Å². The lowest BCUT2D eigenvalue weighted by Crippen LogP contribution is -2.43. The highest BCUT2D eigenvalue weighted by atomic mass is 79.9. The molecule has 42 heavy (non-hydrogen) atoms. The molecule has 4 N–H and O–H groups in total. The van der Waals surface area contributed by atoms with E-state index in [9.17, 15) is 33.0 Å². The van der Waals surface area contributed by atoms with Gasteiger partial charge in [-0.2, -0.15) is 18.3 Å². The van der Waals surface area contributed by atoms with E-state index < -0.39 is 23.7 Å². The summed E-state index contributed by atoms with van der Waals surface area (Å²) in [6.45, 7) is 4.74. The van der Waals surface area contributed by atoms with Crippen LogP contribution in [0, 0.1) is 6.92 Å². The van der Waals surface area contributed by atoms with Crippen LogP contribution in [0.15, 0.2) is 65.4 Å². The summed E-state index contributed by atoms with van der Waals surface area (Å²) >= 11 is 3.39. The number of benzene rings is 2. The van der Waals surface area contributed by atoms with Gasteiger partial charge in [0.15, 0.2) is 0 Å². The van der Waals surface area contributed by atoms with Gasteiger partial charge in [0.1, 0.15) is 5.82 Å².